The maximum absolute atomic E-state index is 3.56. The Bertz CT molecular complexity index is 677. The highest BCUT2D eigenvalue weighted by molar-refractivity contribution is 5.78. The minimum absolute atomic E-state index is 0.558. The molecule has 1 heterocycles. The Hall–Kier alpha value is -1.80. The van der Waals surface area contributed by atoms with Crippen LogP contribution in [0.25, 0.3) is 11.1 Å². The zero-order valence-electron chi connectivity index (χ0n) is 12.8. The zero-order chi connectivity index (χ0) is 14.4. The number of benzene rings is 2. The van der Waals surface area contributed by atoms with Gasteiger partial charge < -0.3 is 10.2 Å². The molecule has 1 N–H and O–H groups in total. The first-order chi connectivity index (χ1) is 10.2. The molecule has 0 saturated carbocycles. The topological polar surface area (TPSA) is 15.3 Å². The smallest absolute Gasteiger partial charge is 0.0387 e. The van der Waals surface area contributed by atoms with E-state index in [9.17, 15) is 0 Å². The van der Waals surface area contributed by atoms with E-state index in [0.29, 0.717) is 12.1 Å². The molecule has 0 aromatic heterocycles. The fourth-order valence-corrected chi connectivity index (χ4v) is 3.69. The van der Waals surface area contributed by atoms with E-state index in [1.807, 2.05) is 0 Å². The summed E-state index contributed by atoms with van der Waals surface area (Å²) in [4.78, 5) is 2.55. The van der Waals surface area contributed by atoms with Gasteiger partial charge in [-0.3, -0.25) is 0 Å². The Balaban J connectivity index is 1.70. The minimum atomic E-state index is 0.558. The van der Waals surface area contributed by atoms with Crippen molar-refractivity contribution in [3.8, 4) is 11.1 Å². The van der Waals surface area contributed by atoms with Gasteiger partial charge in [-0.25, -0.2) is 0 Å². The van der Waals surface area contributed by atoms with Crippen LogP contribution in [0.1, 0.15) is 25.0 Å². The van der Waals surface area contributed by atoms with Crippen molar-refractivity contribution in [2.24, 2.45) is 0 Å². The predicted octanol–water partition coefficient (Wildman–Crippen LogP) is 3.44. The molecule has 2 nitrogen and oxygen atoms in total. The SMILES string of the molecule is CC1CN(c2ccc3c(c2)Cc2ccccc2-3)C(C)CN1. The number of anilines is 1. The molecule has 0 bridgehead atoms. The average molecular weight is 278 g/mol. The van der Waals surface area contributed by atoms with Crippen LogP contribution in [0.2, 0.25) is 0 Å². The monoisotopic (exact) mass is 278 g/mol. The second-order valence-electron chi connectivity index (χ2n) is 6.49. The van der Waals surface area contributed by atoms with E-state index in [0.717, 1.165) is 19.5 Å². The quantitative estimate of drug-likeness (QED) is 0.733. The molecule has 108 valence electrons. The van der Waals surface area contributed by atoms with E-state index in [4.69, 9.17) is 0 Å². The maximum atomic E-state index is 3.56. The van der Waals surface area contributed by atoms with Crippen LogP contribution in [0.5, 0.6) is 0 Å². The molecular formula is C19H22N2. The van der Waals surface area contributed by atoms with Gasteiger partial charge >= 0.3 is 0 Å². The first kappa shape index (κ1) is 12.9. The van der Waals surface area contributed by atoms with Gasteiger partial charge in [0, 0.05) is 30.9 Å². The van der Waals surface area contributed by atoms with Gasteiger partial charge in [-0.05, 0) is 54.7 Å². The van der Waals surface area contributed by atoms with Crippen LogP contribution >= 0.6 is 0 Å². The van der Waals surface area contributed by atoms with Crippen molar-refractivity contribution in [2.75, 3.05) is 18.0 Å². The van der Waals surface area contributed by atoms with Gasteiger partial charge in [0.05, 0.1) is 0 Å². The van der Waals surface area contributed by atoms with Crippen molar-refractivity contribution in [1.82, 2.24) is 5.32 Å². The number of piperazine rings is 1. The Morgan fingerprint density at radius 3 is 2.71 bits per heavy atom. The van der Waals surface area contributed by atoms with Gasteiger partial charge in [0.15, 0.2) is 0 Å². The van der Waals surface area contributed by atoms with Gasteiger partial charge in [-0.2, -0.15) is 0 Å². The average Bonchev–Trinajstić information content (AvgIpc) is 2.87. The molecule has 2 heteroatoms. The summed E-state index contributed by atoms with van der Waals surface area (Å²) in [5.74, 6) is 0. The van der Waals surface area contributed by atoms with Crippen molar-refractivity contribution < 1.29 is 0 Å². The van der Waals surface area contributed by atoms with E-state index in [-0.39, 0.29) is 0 Å². The second kappa shape index (κ2) is 4.88. The highest BCUT2D eigenvalue weighted by Gasteiger charge is 2.24. The summed E-state index contributed by atoms with van der Waals surface area (Å²) in [6.45, 7) is 6.73. The summed E-state index contributed by atoms with van der Waals surface area (Å²) in [5.41, 5.74) is 7.16. The lowest BCUT2D eigenvalue weighted by Gasteiger charge is -2.39. The number of hydrogen-bond acceptors (Lipinski definition) is 2. The molecule has 2 aromatic carbocycles. The van der Waals surface area contributed by atoms with E-state index in [2.05, 4.69) is 66.5 Å². The lowest BCUT2D eigenvalue weighted by atomic mass is 10.0. The standard InChI is InChI=1S/C19H22N2/c1-13-12-21(14(2)11-20-13)17-7-8-19-16(10-17)9-15-5-3-4-6-18(15)19/h3-8,10,13-14,20H,9,11-12H2,1-2H3. The van der Waals surface area contributed by atoms with Crippen molar-refractivity contribution in [2.45, 2.75) is 32.4 Å². The largest absolute Gasteiger partial charge is 0.366 e. The Morgan fingerprint density at radius 2 is 1.81 bits per heavy atom. The van der Waals surface area contributed by atoms with Gasteiger partial charge in [-0.15, -0.1) is 0 Å². The van der Waals surface area contributed by atoms with E-state index in [1.165, 1.54) is 27.9 Å². The minimum Gasteiger partial charge on any atom is -0.366 e. The summed E-state index contributed by atoms with van der Waals surface area (Å²) in [6, 6.07) is 16.9. The molecule has 2 unspecified atom stereocenters. The van der Waals surface area contributed by atoms with Crippen LogP contribution in [0.3, 0.4) is 0 Å². The molecule has 1 aliphatic heterocycles. The van der Waals surface area contributed by atoms with Crippen LogP contribution in [-0.2, 0) is 6.42 Å². The van der Waals surface area contributed by atoms with Crippen LogP contribution in [-0.4, -0.2) is 25.2 Å². The Labute approximate surface area is 126 Å². The third kappa shape index (κ3) is 2.14. The molecule has 1 saturated heterocycles. The van der Waals surface area contributed by atoms with E-state index < -0.39 is 0 Å². The molecule has 21 heavy (non-hydrogen) atoms. The number of rotatable bonds is 1. The Kier molecular flexibility index (Phi) is 3.00. The number of nitrogens with one attached hydrogen (secondary N) is 1. The van der Waals surface area contributed by atoms with Crippen molar-refractivity contribution in [1.29, 1.82) is 0 Å². The molecule has 0 spiro atoms. The molecule has 1 aliphatic carbocycles. The first-order valence-corrected chi connectivity index (χ1v) is 7.93. The number of nitrogens with zero attached hydrogens (tertiary/aromatic N) is 1. The highest BCUT2D eigenvalue weighted by atomic mass is 15.2. The summed E-state index contributed by atoms with van der Waals surface area (Å²) < 4.78 is 0. The molecule has 2 aromatic rings. The normalized spacial score (nSPS) is 23.8. The van der Waals surface area contributed by atoms with E-state index >= 15 is 0 Å². The molecule has 0 amide bonds. The summed E-state index contributed by atoms with van der Waals surface area (Å²) in [7, 11) is 0. The lowest BCUT2D eigenvalue weighted by Crippen LogP contribution is -2.54. The van der Waals surface area contributed by atoms with Gasteiger partial charge in [0.25, 0.3) is 0 Å². The lowest BCUT2D eigenvalue weighted by molar-refractivity contribution is 0.425. The zero-order valence-corrected chi connectivity index (χ0v) is 12.8. The summed E-state index contributed by atoms with van der Waals surface area (Å²) in [6.07, 6.45) is 1.08. The summed E-state index contributed by atoms with van der Waals surface area (Å²) >= 11 is 0. The van der Waals surface area contributed by atoms with Crippen LogP contribution < -0.4 is 10.2 Å². The van der Waals surface area contributed by atoms with Crippen molar-refractivity contribution >= 4 is 5.69 Å². The third-order valence-electron chi connectivity index (χ3n) is 4.87. The van der Waals surface area contributed by atoms with Crippen molar-refractivity contribution in [3.63, 3.8) is 0 Å². The van der Waals surface area contributed by atoms with Gasteiger partial charge in [0.1, 0.15) is 0 Å². The van der Waals surface area contributed by atoms with Crippen LogP contribution in [0.4, 0.5) is 5.69 Å². The first-order valence-electron chi connectivity index (χ1n) is 7.93. The van der Waals surface area contributed by atoms with Gasteiger partial charge in [0.2, 0.25) is 0 Å². The molecular weight excluding hydrogens is 256 g/mol. The molecule has 0 radical (unpaired) electrons. The predicted molar refractivity (Wildman–Crippen MR) is 89.0 cm³/mol. The second-order valence-corrected chi connectivity index (χ2v) is 6.49. The van der Waals surface area contributed by atoms with Gasteiger partial charge in [-0.1, -0.05) is 30.3 Å². The summed E-state index contributed by atoms with van der Waals surface area (Å²) in [5, 5.41) is 3.56. The van der Waals surface area contributed by atoms with Crippen LogP contribution in [0, 0.1) is 0 Å². The van der Waals surface area contributed by atoms with Crippen molar-refractivity contribution in [3.05, 3.63) is 53.6 Å². The fourth-order valence-electron chi connectivity index (χ4n) is 3.69. The maximum Gasteiger partial charge on any atom is 0.0387 e. The fraction of sp³-hybridized carbons (Fsp3) is 0.368. The molecule has 1 fully saturated rings. The van der Waals surface area contributed by atoms with Crippen LogP contribution in [0.15, 0.2) is 42.5 Å². The van der Waals surface area contributed by atoms with E-state index in [1.54, 1.807) is 0 Å². The Morgan fingerprint density at radius 1 is 1.00 bits per heavy atom. The third-order valence-corrected chi connectivity index (χ3v) is 4.87. The molecule has 4 rings (SSSR count). The highest BCUT2D eigenvalue weighted by Crippen LogP contribution is 2.38. The number of fused-ring (bicyclic) bond motifs is 3. The molecule has 2 atom stereocenters. The molecule has 2 aliphatic rings. The number of hydrogen-bond donors (Lipinski definition) is 1.